The van der Waals surface area contributed by atoms with E-state index in [0.717, 1.165) is 19.3 Å². The van der Waals surface area contributed by atoms with E-state index in [9.17, 15) is 18.0 Å². The maximum Gasteiger partial charge on any atom is 0.328 e. The van der Waals surface area contributed by atoms with Crippen LogP contribution < -0.4 is 14.8 Å². The van der Waals surface area contributed by atoms with Crippen molar-refractivity contribution in [3.63, 3.8) is 0 Å². The van der Waals surface area contributed by atoms with Crippen LogP contribution in [0.3, 0.4) is 0 Å². The van der Waals surface area contributed by atoms with E-state index in [1.54, 1.807) is 36.4 Å². The van der Waals surface area contributed by atoms with Crippen LogP contribution in [0.25, 0.3) is 0 Å². The van der Waals surface area contributed by atoms with Gasteiger partial charge in [-0.25, -0.2) is 18.2 Å². The maximum atomic E-state index is 12.8. The van der Waals surface area contributed by atoms with Gasteiger partial charge in [-0.15, -0.1) is 6.42 Å². The largest absolute Gasteiger partial charge is 0.488 e. The molecule has 0 radical (unpaired) electrons. The molecule has 0 aliphatic carbocycles. The Labute approximate surface area is 272 Å². The number of terminal acetylenes is 1. The van der Waals surface area contributed by atoms with Gasteiger partial charge in [0.05, 0.1) is 38.1 Å². The van der Waals surface area contributed by atoms with Crippen LogP contribution in [0.5, 0.6) is 17.4 Å². The van der Waals surface area contributed by atoms with Crippen LogP contribution in [0.1, 0.15) is 56.8 Å². The fourth-order valence-corrected chi connectivity index (χ4v) is 5.72. The number of aromatic nitrogens is 1. The molecule has 3 rings (SSSR count). The molecule has 252 valence electrons. The van der Waals surface area contributed by atoms with E-state index in [4.69, 9.17) is 30.1 Å². The number of hydrogen-bond donors (Lipinski definition) is 1. The summed E-state index contributed by atoms with van der Waals surface area (Å²) in [6.45, 7) is 8.11. The monoisotopic (exact) mass is 659 g/mol. The van der Waals surface area contributed by atoms with Gasteiger partial charge in [0.2, 0.25) is 15.9 Å². The molecule has 0 unspecified atom stereocenters. The fraction of sp³-hybridized carbons (Fsp3) is 0.545. The molecule has 46 heavy (non-hydrogen) atoms. The third-order valence-electron chi connectivity index (χ3n) is 7.01. The first-order chi connectivity index (χ1) is 21.9. The van der Waals surface area contributed by atoms with Crippen molar-refractivity contribution >= 4 is 21.9 Å². The standard InChI is InChI=1S/C33H45N3O9S/c1-6-16-42-17-7-8-18-43-19-20-46(39,40)36-23-28(24-36)44-26-10-9-11-27(21-26)45-30-13-12-25(22-34-30)31(37)35-29(32(38)41-5)14-15-33(2,3)4/h1,9-13,21-22,28-29H,7-8,14-20,23-24H2,2-5H3,(H,35,37)/t29-/m0/s1. The number of rotatable bonds is 19. The summed E-state index contributed by atoms with van der Waals surface area (Å²) in [5, 5.41) is 2.73. The van der Waals surface area contributed by atoms with Gasteiger partial charge in [-0.1, -0.05) is 32.8 Å². The molecule has 0 bridgehead atoms. The zero-order valence-corrected chi connectivity index (χ0v) is 27.8. The average molecular weight is 660 g/mol. The summed E-state index contributed by atoms with van der Waals surface area (Å²) < 4.78 is 53.8. The van der Waals surface area contributed by atoms with Gasteiger partial charge in [-0.3, -0.25) is 4.79 Å². The lowest BCUT2D eigenvalue weighted by atomic mass is 9.88. The first-order valence-electron chi connectivity index (χ1n) is 15.3. The van der Waals surface area contributed by atoms with Crippen molar-refractivity contribution in [3.05, 3.63) is 48.2 Å². The Hall–Kier alpha value is -3.70. The number of unbranched alkanes of at least 4 members (excludes halogenated alkanes) is 1. The zero-order chi connectivity index (χ0) is 33.6. The number of hydrogen-bond acceptors (Lipinski definition) is 10. The van der Waals surface area contributed by atoms with Crippen LogP contribution in [-0.2, 0) is 29.0 Å². The summed E-state index contributed by atoms with van der Waals surface area (Å²) in [6.07, 6.45) is 8.93. The van der Waals surface area contributed by atoms with E-state index in [1.165, 1.54) is 17.6 Å². The van der Waals surface area contributed by atoms with Crippen LogP contribution in [0, 0.1) is 17.8 Å². The number of nitrogens with one attached hydrogen (secondary N) is 1. The lowest BCUT2D eigenvalue weighted by Crippen LogP contribution is -2.56. The van der Waals surface area contributed by atoms with E-state index in [1.807, 2.05) is 0 Å². The smallest absolute Gasteiger partial charge is 0.328 e. The third kappa shape index (κ3) is 12.6. The van der Waals surface area contributed by atoms with Gasteiger partial charge < -0.3 is 29.0 Å². The summed E-state index contributed by atoms with van der Waals surface area (Å²) in [6, 6.07) is 9.27. The second-order valence-electron chi connectivity index (χ2n) is 12.1. The topological polar surface area (TPSA) is 143 Å². The molecule has 2 aromatic rings. The van der Waals surface area contributed by atoms with Crippen molar-refractivity contribution in [3.8, 4) is 29.7 Å². The minimum Gasteiger partial charge on any atom is -0.488 e. The molecule has 1 fully saturated rings. The molecule has 1 aliphatic rings. The fourth-order valence-electron chi connectivity index (χ4n) is 4.35. The summed E-state index contributed by atoms with van der Waals surface area (Å²) in [5.74, 6) is 2.60. The van der Waals surface area contributed by atoms with Crippen molar-refractivity contribution in [1.82, 2.24) is 14.6 Å². The molecule has 1 aromatic carbocycles. The Morgan fingerprint density at radius 3 is 2.46 bits per heavy atom. The number of nitrogens with zero attached hydrogens (tertiary/aromatic N) is 2. The second kappa shape index (κ2) is 17.9. The van der Waals surface area contributed by atoms with Gasteiger partial charge in [0, 0.05) is 31.5 Å². The predicted molar refractivity (Wildman–Crippen MR) is 172 cm³/mol. The molecule has 1 N–H and O–H groups in total. The van der Waals surface area contributed by atoms with E-state index < -0.39 is 27.9 Å². The predicted octanol–water partition coefficient (Wildman–Crippen LogP) is 3.81. The Bertz CT molecular complexity index is 1410. The van der Waals surface area contributed by atoms with Crippen molar-refractivity contribution in [2.75, 3.05) is 52.4 Å². The van der Waals surface area contributed by atoms with Crippen LogP contribution in [0.2, 0.25) is 0 Å². The Morgan fingerprint density at radius 2 is 1.80 bits per heavy atom. The van der Waals surface area contributed by atoms with Crippen LogP contribution in [-0.4, -0.2) is 94.1 Å². The maximum absolute atomic E-state index is 12.8. The molecular weight excluding hydrogens is 614 g/mol. The highest BCUT2D eigenvalue weighted by molar-refractivity contribution is 7.89. The lowest BCUT2D eigenvalue weighted by molar-refractivity contribution is -0.143. The molecule has 1 aliphatic heterocycles. The van der Waals surface area contributed by atoms with Gasteiger partial charge in [0.25, 0.3) is 5.91 Å². The lowest BCUT2D eigenvalue weighted by Gasteiger charge is -2.37. The van der Waals surface area contributed by atoms with Crippen molar-refractivity contribution in [2.45, 2.75) is 58.6 Å². The molecule has 1 saturated heterocycles. The van der Waals surface area contributed by atoms with Gasteiger partial charge in [0.15, 0.2) is 0 Å². The molecule has 1 amide bonds. The molecule has 1 atom stereocenters. The number of methoxy groups -OCH3 is 1. The van der Waals surface area contributed by atoms with Crippen LogP contribution >= 0.6 is 0 Å². The highest BCUT2D eigenvalue weighted by atomic mass is 32.2. The van der Waals surface area contributed by atoms with Crippen molar-refractivity contribution in [2.24, 2.45) is 5.41 Å². The number of pyridine rings is 1. The van der Waals surface area contributed by atoms with Gasteiger partial charge in [0.1, 0.15) is 30.3 Å². The van der Waals surface area contributed by atoms with Gasteiger partial charge in [-0.05, 0) is 49.3 Å². The summed E-state index contributed by atoms with van der Waals surface area (Å²) >= 11 is 0. The summed E-state index contributed by atoms with van der Waals surface area (Å²) in [4.78, 5) is 29.2. The molecule has 1 aromatic heterocycles. The third-order valence-corrected chi connectivity index (χ3v) is 8.78. The van der Waals surface area contributed by atoms with E-state index in [0.29, 0.717) is 31.1 Å². The number of carbonyl (C=O) groups is 2. The van der Waals surface area contributed by atoms with Gasteiger partial charge >= 0.3 is 5.97 Å². The molecule has 2 heterocycles. The van der Waals surface area contributed by atoms with E-state index in [-0.39, 0.29) is 55.0 Å². The number of ether oxygens (including phenoxy) is 5. The Kier molecular flexibility index (Phi) is 14.3. The highest BCUT2D eigenvalue weighted by Gasteiger charge is 2.37. The molecule has 12 nitrogen and oxygen atoms in total. The first kappa shape index (κ1) is 36.8. The van der Waals surface area contributed by atoms with Gasteiger partial charge in [-0.2, -0.15) is 4.31 Å². The number of benzene rings is 1. The minimum atomic E-state index is -3.44. The molecule has 0 saturated carbocycles. The van der Waals surface area contributed by atoms with E-state index >= 15 is 0 Å². The van der Waals surface area contributed by atoms with Crippen LogP contribution in [0.15, 0.2) is 42.6 Å². The number of esters is 1. The van der Waals surface area contributed by atoms with Crippen molar-refractivity contribution in [1.29, 1.82) is 0 Å². The Balaban J connectivity index is 1.42. The summed E-state index contributed by atoms with van der Waals surface area (Å²) in [7, 11) is -2.14. The number of amides is 1. The Morgan fingerprint density at radius 1 is 1.09 bits per heavy atom. The molecule has 13 heteroatoms. The van der Waals surface area contributed by atoms with E-state index in [2.05, 4.69) is 37.0 Å². The van der Waals surface area contributed by atoms with Crippen LogP contribution in [0.4, 0.5) is 0 Å². The molecule has 0 spiro atoms. The van der Waals surface area contributed by atoms with Crippen molar-refractivity contribution < 1.29 is 41.7 Å². The number of sulfonamides is 1. The zero-order valence-electron chi connectivity index (χ0n) is 27.0. The summed E-state index contributed by atoms with van der Waals surface area (Å²) in [5.41, 5.74) is 0.265. The normalized spacial score (nSPS) is 14.5. The second-order valence-corrected chi connectivity index (χ2v) is 14.1. The SMILES string of the molecule is C#CCOCCCCOCCS(=O)(=O)N1CC(Oc2cccc(Oc3ccc(C(=O)N[C@@H](CCC(C)(C)C)C(=O)OC)cn3)c2)C1. The number of carbonyl (C=O) groups excluding carboxylic acids is 2. The molecular formula is C33H45N3O9S. The average Bonchev–Trinajstić information content (AvgIpc) is 2.99. The quantitative estimate of drug-likeness (QED) is 0.134. The minimum absolute atomic E-state index is 0.00539. The highest BCUT2D eigenvalue weighted by Crippen LogP contribution is 2.27. The first-order valence-corrected chi connectivity index (χ1v) is 16.9.